The minimum absolute atomic E-state index is 0.128. The van der Waals surface area contributed by atoms with Crippen LogP contribution < -0.4 is 15.5 Å². The largest absolute Gasteiger partial charge is 0.341 e. The van der Waals surface area contributed by atoms with Crippen LogP contribution in [0.5, 0.6) is 0 Å². The van der Waals surface area contributed by atoms with E-state index in [0.29, 0.717) is 5.69 Å². The molecule has 2 aromatic heterocycles. The average molecular weight is 364 g/mol. The number of benzene rings is 1. The standard InChI is InChI=1S/C18H20N8O/c27-18(23-15-3-1-4-16(13-15)26-12-9-21-24-26)22-14-5-10-25(11-6-14)17-19-7-2-8-20-17/h1-4,7-9,12-14H,5-6,10-11H2,(H2,22,23,27). The fourth-order valence-electron chi connectivity index (χ4n) is 3.10. The summed E-state index contributed by atoms with van der Waals surface area (Å²) in [4.78, 5) is 23.0. The second-order valence-electron chi connectivity index (χ2n) is 6.31. The summed E-state index contributed by atoms with van der Waals surface area (Å²) >= 11 is 0. The van der Waals surface area contributed by atoms with Gasteiger partial charge in [0.15, 0.2) is 0 Å². The van der Waals surface area contributed by atoms with Gasteiger partial charge >= 0.3 is 6.03 Å². The zero-order chi connectivity index (χ0) is 18.5. The smallest absolute Gasteiger partial charge is 0.319 e. The van der Waals surface area contributed by atoms with E-state index in [1.165, 1.54) is 0 Å². The molecule has 0 saturated carbocycles. The number of carbonyl (C=O) groups is 1. The van der Waals surface area contributed by atoms with E-state index in [-0.39, 0.29) is 12.1 Å². The van der Waals surface area contributed by atoms with Gasteiger partial charge in [-0.3, -0.25) is 0 Å². The Balaban J connectivity index is 1.30. The molecule has 0 unspecified atom stereocenters. The molecule has 2 N–H and O–H groups in total. The number of hydrogen-bond donors (Lipinski definition) is 2. The number of amides is 2. The van der Waals surface area contributed by atoms with Crippen molar-refractivity contribution in [3.63, 3.8) is 0 Å². The number of nitrogens with zero attached hydrogens (tertiary/aromatic N) is 6. The van der Waals surface area contributed by atoms with Gasteiger partial charge in [-0.25, -0.2) is 19.4 Å². The van der Waals surface area contributed by atoms with Crippen molar-refractivity contribution in [2.45, 2.75) is 18.9 Å². The van der Waals surface area contributed by atoms with Crippen LogP contribution in [0.15, 0.2) is 55.1 Å². The van der Waals surface area contributed by atoms with Gasteiger partial charge in [-0.1, -0.05) is 11.3 Å². The van der Waals surface area contributed by atoms with Crippen LogP contribution in [0.25, 0.3) is 5.69 Å². The van der Waals surface area contributed by atoms with Crippen molar-refractivity contribution >= 4 is 17.7 Å². The van der Waals surface area contributed by atoms with Gasteiger partial charge in [-0.2, -0.15) is 0 Å². The van der Waals surface area contributed by atoms with E-state index in [4.69, 9.17) is 0 Å². The van der Waals surface area contributed by atoms with Gasteiger partial charge in [-0.15, -0.1) is 5.10 Å². The van der Waals surface area contributed by atoms with E-state index in [1.54, 1.807) is 35.5 Å². The molecule has 1 aromatic carbocycles. The summed E-state index contributed by atoms with van der Waals surface area (Å²) in [6.45, 7) is 1.63. The van der Waals surface area contributed by atoms with E-state index >= 15 is 0 Å². The second-order valence-corrected chi connectivity index (χ2v) is 6.31. The molecule has 1 saturated heterocycles. The highest BCUT2D eigenvalue weighted by molar-refractivity contribution is 5.89. The van der Waals surface area contributed by atoms with E-state index < -0.39 is 0 Å². The van der Waals surface area contributed by atoms with Crippen molar-refractivity contribution in [3.05, 3.63) is 55.1 Å². The minimum Gasteiger partial charge on any atom is -0.341 e. The predicted molar refractivity (Wildman–Crippen MR) is 101 cm³/mol. The predicted octanol–water partition coefficient (Wildman–Crippen LogP) is 1.85. The Morgan fingerprint density at radius 1 is 1.07 bits per heavy atom. The van der Waals surface area contributed by atoms with Crippen molar-refractivity contribution in [3.8, 4) is 5.69 Å². The second kappa shape index (κ2) is 7.81. The van der Waals surface area contributed by atoms with Crippen molar-refractivity contribution in [1.29, 1.82) is 0 Å². The first-order chi connectivity index (χ1) is 13.3. The summed E-state index contributed by atoms with van der Waals surface area (Å²) in [7, 11) is 0. The Morgan fingerprint density at radius 3 is 2.63 bits per heavy atom. The first-order valence-corrected chi connectivity index (χ1v) is 8.84. The molecule has 3 heterocycles. The number of piperidine rings is 1. The molecule has 1 aliphatic rings. The number of carbonyl (C=O) groups excluding carboxylic acids is 1. The molecule has 9 nitrogen and oxygen atoms in total. The van der Waals surface area contributed by atoms with Crippen molar-refractivity contribution < 1.29 is 4.79 Å². The molecule has 0 radical (unpaired) electrons. The minimum atomic E-state index is -0.208. The van der Waals surface area contributed by atoms with Crippen LogP contribution in [0.2, 0.25) is 0 Å². The lowest BCUT2D eigenvalue weighted by atomic mass is 10.1. The lowest BCUT2D eigenvalue weighted by molar-refractivity contribution is 0.246. The molecule has 2 amide bonds. The molecule has 0 bridgehead atoms. The molecule has 9 heteroatoms. The normalized spacial score (nSPS) is 14.7. The third-order valence-corrected chi connectivity index (χ3v) is 4.46. The Kier molecular flexibility index (Phi) is 4.91. The molecular formula is C18H20N8O. The van der Waals surface area contributed by atoms with Crippen LogP contribution in [0, 0.1) is 0 Å². The Morgan fingerprint density at radius 2 is 1.89 bits per heavy atom. The van der Waals surface area contributed by atoms with E-state index in [9.17, 15) is 4.79 Å². The van der Waals surface area contributed by atoms with Gasteiger partial charge in [-0.05, 0) is 37.1 Å². The maximum absolute atomic E-state index is 12.3. The van der Waals surface area contributed by atoms with E-state index in [1.807, 2.05) is 24.3 Å². The van der Waals surface area contributed by atoms with Gasteiger partial charge in [0.05, 0.1) is 18.1 Å². The van der Waals surface area contributed by atoms with Crippen molar-refractivity contribution in [2.24, 2.45) is 0 Å². The van der Waals surface area contributed by atoms with Crippen LogP contribution in [-0.4, -0.2) is 50.1 Å². The highest BCUT2D eigenvalue weighted by Crippen LogP contribution is 2.16. The van der Waals surface area contributed by atoms with E-state index in [2.05, 4.69) is 35.8 Å². The molecule has 3 aromatic rings. The molecule has 0 aliphatic carbocycles. The molecule has 0 atom stereocenters. The molecular weight excluding hydrogens is 344 g/mol. The zero-order valence-electron chi connectivity index (χ0n) is 14.7. The summed E-state index contributed by atoms with van der Waals surface area (Å²) in [6.07, 6.45) is 8.56. The fraction of sp³-hybridized carbons (Fsp3) is 0.278. The fourth-order valence-corrected chi connectivity index (χ4v) is 3.10. The Bertz CT molecular complexity index is 875. The first kappa shape index (κ1) is 17.0. The summed E-state index contributed by atoms with van der Waals surface area (Å²) < 4.78 is 1.64. The monoisotopic (exact) mass is 364 g/mol. The van der Waals surface area contributed by atoms with Crippen molar-refractivity contribution in [2.75, 3.05) is 23.3 Å². The third kappa shape index (κ3) is 4.20. The molecule has 138 valence electrons. The van der Waals surface area contributed by atoms with Gasteiger partial charge in [0.2, 0.25) is 5.95 Å². The molecule has 0 spiro atoms. The molecule has 1 aliphatic heterocycles. The lowest BCUT2D eigenvalue weighted by Crippen LogP contribution is -2.46. The summed E-state index contributed by atoms with van der Waals surface area (Å²) in [5.41, 5.74) is 1.54. The molecule has 1 fully saturated rings. The number of anilines is 2. The maximum Gasteiger partial charge on any atom is 0.319 e. The average Bonchev–Trinajstić information content (AvgIpc) is 3.24. The zero-order valence-corrected chi connectivity index (χ0v) is 14.7. The van der Waals surface area contributed by atoms with Crippen LogP contribution in [0.1, 0.15) is 12.8 Å². The number of rotatable bonds is 4. The highest BCUT2D eigenvalue weighted by Gasteiger charge is 2.22. The molecule has 27 heavy (non-hydrogen) atoms. The van der Waals surface area contributed by atoms with Crippen LogP contribution >= 0.6 is 0 Å². The number of hydrogen-bond acceptors (Lipinski definition) is 6. The summed E-state index contributed by atoms with van der Waals surface area (Å²) in [5, 5.41) is 13.7. The maximum atomic E-state index is 12.3. The number of nitrogens with one attached hydrogen (secondary N) is 2. The SMILES string of the molecule is O=C(Nc1cccc(-n2ccnn2)c1)NC1CCN(c2ncccn2)CC1. The van der Waals surface area contributed by atoms with Crippen LogP contribution in [-0.2, 0) is 0 Å². The van der Waals surface area contributed by atoms with Crippen LogP contribution in [0.3, 0.4) is 0 Å². The topological polar surface area (TPSA) is 101 Å². The summed E-state index contributed by atoms with van der Waals surface area (Å²) in [6, 6.07) is 9.19. The molecule has 4 rings (SSSR count). The van der Waals surface area contributed by atoms with Gasteiger partial charge in [0, 0.05) is 37.2 Å². The first-order valence-electron chi connectivity index (χ1n) is 8.84. The van der Waals surface area contributed by atoms with Gasteiger partial charge in [0.1, 0.15) is 0 Å². The number of aromatic nitrogens is 5. The van der Waals surface area contributed by atoms with Crippen molar-refractivity contribution in [1.82, 2.24) is 30.3 Å². The lowest BCUT2D eigenvalue weighted by Gasteiger charge is -2.32. The van der Waals surface area contributed by atoms with E-state index in [0.717, 1.165) is 37.6 Å². The Hall–Kier alpha value is -3.49. The van der Waals surface area contributed by atoms with Crippen LogP contribution in [0.4, 0.5) is 16.4 Å². The Labute approximate surface area is 156 Å². The highest BCUT2D eigenvalue weighted by atomic mass is 16.2. The number of urea groups is 1. The third-order valence-electron chi connectivity index (χ3n) is 4.46. The van der Waals surface area contributed by atoms with Gasteiger partial charge in [0.25, 0.3) is 0 Å². The quantitative estimate of drug-likeness (QED) is 0.733. The van der Waals surface area contributed by atoms with Gasteiger partial charge < -0.3 is 15.5 Å². The summed E-state index contributed by atoms with van der Waals surface area (Å²) in [5.74, 6) is 0.741.